The predicted molar refractivity (Wildman–Crippen MR) is 62.7 cm³/mol. The van der Waals surface area contributed by atoms with Crippen LogP contribution in [-0.4, -0.2) is 41.0 Å². The van der Waals surface area contributed by atoms with Crippen molar-refractivity contribution >= 4 is 16.3 Å². The summed E-state index contributed by atoms with van der Waals surface area (Å²) in [6.07, 6.45) is 3.15. The number of aliphatic imine (C=N–C) groups is 1. The molecule has 0 radical (unpaired) electrons. The van der Waals surface area contributed by atoms with Gasteiger partial charge in [0.05, 0.1) is 16.3 Å². The van der Waals surface area contributed by atoms with E-state index in [-0.39, 0.29) is 6.04 Å². The Balaban J connectivity index is 4.10. The van der Waals surface area contributed by atoms with E-state index in [9.17, 15) is 4.79 Å². The molecule has 0 aliphatic rings. The van der Waals surface area contributed by atoms with E-state index in [4.69, 9.17) is 9.47 Å². The van der Waals surface area contributed by atoms with Gasteiger partial charge in [0, 0.05) is 13.2 Å². The van der Waals surface area contributed by atoms with E-state index in [1.807, 2.05) is 20.8 Å². The number of hydrogen-bond acceptors (Lipinski definition) is 4. The molecule has 0 amide bonds. The lowest BCUT2D eigenvalue weighted by Gasteiger charge is -2.30. The molecule has 0 saturated carbocycles. The summed E-state index contributed by atoms with van der Waals surface area (Å²) in [6, 6.07) is -0.00302. The molecule has 0 aromatic carbocycles. The third-order valence-corrected chi connectivity index (χ3v) is 3.27. The van der Waals surface area contributed by atoms with E-state index in [0.717, 1.165) is 23.1 Å². The molecule has 0 fully saturated rings. The molecule has 0 aromatic rings. The summed E-state index contributed by atoms with van der Waals surface area (Å²) in [6.45, 7) is 7.10. The van der Waals surface area contributed by atoms with Crippen LogP contribution in [0.1, 0.15) is 33.6 Å². The second-order valence-electron chi connectivity index (χ2n) is 3.61. The Morgan fingerprint density at radius 3 is 2.33 bits per heavy atom. The number of nitrogens with zero attached hydrogens (tertiary/aromatic N) is 1. The molecular formula is C10H21NO3Si. The van der Waals surface area contributed by atoms with Crippen molar-refractivity contribution in [1.82, 2.24) is 0 Å². The molecule has 0 aliphatic carbocycles. The van der Waals surface area contributed by atoms with Gasteiger partial charge in [-0.2, -0.15) is 0 Å². The lowest BCUT2D eigenvalue weighted by Crippen LogP contribution is -2.37. The highest BCUT2D eigenvalue weighted by atomic mass is 28.1. The zero-order valence-corrected chi connectivity index (χ0v) is 12.1. The van der Waals surface area contributed by atoms with E-state index in [1.54, 1.807) is 6.08 Å². The molecule has 5 heteroatoms. The molecule has 15 heavy (non-hydrogen) atoms. The minimum absolute atomic E-state index is 0.00302. The molecule has 1 unspecified atom stereocenters. The van der Waals surface area contributed by atoms with Crippen LogP contribution in [0.25, 0.3) is 0 Å². The quantitative estimate of drug-likeness (QED) is 0.266. The smallest absolute Gasteiger partial charge is 0.235 e. The molecule has 88 valence electrons. The highest BCUT2D eigenvalue weighted by Crippen LogP contribution is 2.18. The largest absolute Gasteiger partial charge is 0.355 e. The minimum Gasteiger partial charge on any atom is -0.355 e. The third kappa shape index (κ3) is 6.57. The van der Waals surface area contributed by atoms with Gasteiger partial charge in [0.2, 0.25) is 6.08 Å². The fraction of sp³-hybridized carbons (Fsp3) is 0.900. The molecule has 1 atom stereocenters. The predicted octanol–water partition coefficient (Wildman–Crippen LogP) is 0.583. The minimum atomic E-state index is -0.420. The van der Waals surface area contributed by atoms with Crippen molar-refractivity contribution in [2.45, 2.75) is 45.1 Å². The van der Waals surface area contributed by atoms with Crippen LogP contribution >= 0.6 is 0 Å². The maximum absolute atomic E-state index is 10.0. The molecule has 0 rings (SSSR count). The van der Waals surface area contributed by atoms with Crippen LogP contribution in [0.2, 0.25) is 0 Å². The van der Waals surface area contributed by atoms with Gasteiger partial charge in [-0.3, -0.25) is 0 Å². The fourth-order valence-corrected chi connectivity index (χ4v) is 2.29. The van der Waals surface area contributed by atoms with Crippen molar-refractivity contribution in [2.24, 2.45) is 4.99 Å². The van der Waals surface area contributed by atoms with E-state index in [0.29, 0.717) is 13.2 Å². The highest BCUT2D eigenvalue weighted by Gasteiger charge is 2.24. The average molecular weight is 231 g/mol. The van der Waals surface area contributed by atoms with Crippen LogP contribution in [0, 0.1) is 0 Å². The van der Waals surface area contributed by atoms with Gasteiger partial charge in [-0.1, -0.05) is 0 Å². The Kier molecular flexibility index (Phi) is 7.51. The van der Waals surface area contributed by atoms with Crippen LogP contribution in [0.4, 0.5) is 0 Å². The highest BCUT2D eigenvalue weighted by molar-refractivity contribution is 6.13. The summed E-state index contributed by atoms with van der Waals surface area (Å²) in [5.74, 6) is 0. The van der Waals surface area contributed by atoms with Gasteiger partial charge < -0.3 is 9.47 Å². The van der Waals surface area contributed by atoms with E-state index in [2.05, 4.69) is 4.99 Å². The van der Waals surface area contributed by atoms with Gasteiger partial charge >= 0.3 is 0 Å². The number of ether oxygens (including phenoxy) is 2. The first-order valence-electron chi connectivity index (χ1n) is 5.42. The van der Waals surface area contributed by atoms with Crippen molar-refractivity contribution in [3.8, 4) is 0 Å². The second kappa shape index (κ2) is 7.76. The Hall–Kier alpha value is -0.483. The Labute approximate surface area is 94.5 Å². The topological polar surface area (TPSA) is 47.9 Å². The molecular weight excluding hydrogens is 210 g/mol. The van der Waals surface area contributed by atoms with E-state index >= 15 is 0 Å². The normalized spacial score (nSPS) is 13.5. The first kappa shape index (κ1) is 14.5. The van der Waals surface area contributed by atoms with Gasteiger partial charge in [-0.25, -0.2) is 9.79 Å². The summed E-state index contributed by atoms with van der Waals surface area (Å²) in [7, 11) is 0.813. The lowest BCUT2D eigenvalue weighted by molar-refractivity contribution is -0.177. The van der Waals surface area contributed by atoms with Crippen LogP contribution in [0.15, 0.2) is 4.99 Å². The van der Waals surface area contributed by atoms with Crippen molar-refractivity contribution < 1.29 is 14.3 Å². The molecule has 0 aromatic heterocycles. The molecule has 0 heterocycles. The SMILES string of the molecule is CCOC([SiH3])(CCC(C)N=C=O)OCC. The standard InChI is InChI=1S/C10H21NO3Si/c1-4-13-10(15,14-5-2)7-6-9(3)11-8-12/h9H,4-7H2,1-3,15H3. The number of isocyanates is 1. The first-order valence-corrected chi connectivity index (χ1v) is 6.42. The second-order valence-corrected chi connectivity index (χ2v) is 5.13. The fourth-order valence-electron chi connectivity index (χ4n) is 1.42. The summed E-state index contributed by atoms with van der Waals surface area (Å²) in [4.78, 5) is 13.7. The zero-order chi connectivity index (χ0) is 11.7. The van der Waals surface area contributed by atoms with Crippen LogP contribution < -0.4 is 0 Å². The van der Waals surface area contributed by atoms with Crippen LogP contribution in [-0.2, 0) is 14.3 Å². The summed E-state index contributed by atoms with van der Waals surface area (Å²) in [5.41, 5.74) is -0.420. The molecule has 0 N–H and O–H groups in total. The van der Waals surface area contributed by atoms with Gasteiger partial charge in [0.15, 0.2) is 0 Å². The Bertz CT molecular complexity index is 211. The van der Waals surface area contributed by atoms with Crippen molar-refractivity contribution in [1.29, 1.82) is 0 Å². The summed E-state index contributed by atoms with van der Waals surface area (Å²) in [5, 5.41) is 0. The number of rotatable bonds is 8. The summed E-state index contributed by atoms with van der Waals surface area (Å²) >= 11 is 0. The van der Waals surface area contributed by atoms with Crippen molar-refractivity contribution in [2.75, 3.05) is 13.2 Å². The van der Waals surface area contributed by atoms with Crippen LogP contribution in [0.5, 0.6) is 0 Å². The molecule has 0 aliphatic heterocycles. The maximum Gasteiger partial charge on any atom is 0.235 e. The first-order chi connectivity index (χ1) is 7.08. The number of hydrogen-bond donors (Lipinski definition) is 0. The van der Waals surface area contributed by atoms with Gasteiger partial charge in [-0.15, -0.1) is 0 Å². The van der Waals surface area contributed by atoms with Gasteiger partial charge in [-0.05, 0) is 33.6 Å². The zero-order valence-electron chi connectivity index (χ0n) is 10.1. The third-order valence-electron chi connectivity index (χ3n) is 2.19. The molecule has 0 saturated heterocycles. The van der Waals surface area contributed by atoms with Crippen molar-refractivity contribution in [3.63, 3.8) is 0 Å². The molecule has 4 nitrogen and oxygen atoms in total. The Morgan fingerprint density at radius 2 is 1.93 bits per heavy atom. The monoisotopic (exact) mass is 231 g/mol. The van der Waals surface area contributed by atoms with Gasteiger partial charge in [0.25, 0.3) is 0 Å². The number of carbonyl (C=O) groups excluding carboxylic acids is 1. The van der Waals surface area contributed by atoms with Crippen molar-refractivity contribution in [3.05, 3.63) is 0 Å². The van der Waals surface area contributed by atoms with E-state index in [1.165, 1.54) is 0 Å². The molecule has 0 bridgehead atoms. The van der Waals surface area contributed by atoms with Gasteiger partial charge in [0.1, 0.15) is 5.41 Å². The average Bonchev–Trinajstić information content (AvgIpc) is 2.16. The molecule has 0 spiro atoms. The lowest BCUT2D eigenvalue weighted by atomic mass is 10.2. The Morgan fingerprint density at radius 1 is 1.40 bits per heavy atom. The van der Waals surface area contributed by atoms with E-state index < -0.39 is 5.41 Å². The summed E-state index contributed by atoms with van der Waals surface area (Å²) < 4.78 is 11.2. The maximum atomic E-state index is 10.0. The van der Waals surface area contributed by atoms with Crippen LogP contribution in [0.3, 0.4) is 0 Å².